The number of carbonyl (C=O) groups excluding carboxylic acids is 1. The molecule has 7 heteroatoms. The highest BCUT2D eigenvalue weighted by molar-refractivity contribution is 7.22. The summed E-state index contributed by atoms with van der Waals surface area (Å²) in [5, 5.41) is 1.01. The molecule has 0 spiro atoms. The number of carbonyl (C=O) groups is 1. The predicted octanol–water partition coefficient (Wildman–Crippen LogP) is 3.22. The first-order chi connectivity index (χ1) is 14.2. The van der Waals surface area contributed by atoms with E-state index >= 15 is 0 Å². The molecule has 0 radical (unpaired) electrons. The number of ether oxygens (including phenoxy) is 1. The van der Waals surface area contributed by atoms with Crippen molar-refractivity contribution in [3.8, 4) is 5.75 Å². The van der Waals surface area contributed by atoms with Crippen molar-refractivity contribution >= 4 is 32.6 Å². The largest absolute Gasteiger partial charge is 0.497 e. The summed E-state index contributed by atoms with van der Waals surface area (Å²) < 4.78 is 6.44. The maximum atomic E-state index is 12.9. The maximum Gasteiger partial charge on any atom is 0.229 e. The molecule has 29 heavy (non-hydrogen) atoms. The van der Waals surface area contributed by atoms with Crippen LogP contribution in [0.1, 0.15) is 32.1 Å². The van der Waals surface area contributed by atoms with Gasteiger partial charge in [0.05, 0.1) is 23.2 Å². The lowest BCUT2D eigenvalue weighted by molar-refractivity contribution is -0.138. The Morgan fingerprint density at radius 1 is 1.10 bits per heavy atom. The fourth-order valence-corrected chi connectivity index (χ4v) is 5.97. The van der Waals surface area contributed by atoms with Gasteiger partial charge in [0.1, 0.15) is 5.75 Å². The van der Waals surface area contributed by atoms with Crippen molar-refractivity contribution in [1.29, 1.82) is 0 Å². The summed E-state index contributed by atoms with van der Waals surface area (Å²) in [6.45, 7) is 5.47. The zero-order valence-corrected chi connectivity index (χ0v) is 18.0. The number of methoxy groups -OCH3 is 1. The van der Waals surface area contributed by atoms with E-state index in [4.69, 9.17) is 9.72 Å². The van der Waals surface area contributed by atoms with Gasteiger partial charge in [-0.2, -0.15) is 0 Å². The number of piperazine rings is 1. The zero-order valence-electron chi connectivity index (χ0n) is 17.2. The number of amides is 1. The molecule has 1 aromatic carbocycles. The van der Waals surface area contributed by atoms with Gasteiger partial charge in [0.2, 0.25) is 5.91 Å². The maximum absolute atomic E-state index is 12.9. The van der Waals surface area contributed by atoms with Crippen molar-refractivity contribution in [2.24, 2.45) is 5.92 Å². The third-order valence-corrected chi connectivity index (χ3v) is 7.88. The Labute approximate surface area is 176 Å². The van der Waals surface area contributed by atoms with Gasteiger partial charge in [0, 0.05) is 45.3 Å². The molecule has 0 atom stereocenters. The number of benzene rings is 1. The molecule has 1 amide bonds. The Hall–Kier alpha value is -1.86. The summed E-state index contributed by atoms with van der Waals surface area (Å²) in [7, 11) is 1.68. The minimum absolute atomic E-state index is 0.123. The Morgan fingerprint density at radius 2 is 1.86 bits per heavy atom. The Bertz CT molecular complexity index is 865. The highest BCUT2D eigenvalue weighted by Gasteiger charge is 2.38. The first-order valence-corrected chi connectivity index (χ1v) is 11.8. The number of fused-ring (bicyclic) bond motifs is 1. The first kappa shape index (κ1) is 19.1. The van der Waals surface area contributed by atoms with Crippen LogP contribution in [-0.2, 0) is 4.79 Å². The van der Waals surface area contributed by atoms with Crippen LogP contribution >= 0.6 is 11.3 Å². The Balaban J connectivity index is 1.14. The van der Waals surface area contributed by atoms with E-state index in [0.717, 1.165) is 66.4 Å². The highest BCUT2D eigenvalue weighted by atomic mass is 32.1. The van der Waals surface area contributed by atoms with Crippen molar-refractivity contribution in [3.63, 3.8) is 0 Å². The van der Waals surface area contributed by atoms with Crippen LogP contribution in [0.25, 0.3) is 10.2 Å². The summed E-state index contributed by atoms with van der Waals surface area (Å²) in [6.07, 6.45) is 6.84. The van der Waals surface area contributed by atoms with E-state index in [-0.39, 0.29) is 5.92 Å². The molecule has 2 aromatic rings. The lowest BCUT2D eigenvalue weighted by atomic mass is 9.93. The summed E-state index contributed by atoms with van der Waals surface area (Å²) in [5.41, 5.74) is 0.999. The van der Waals surface area contributed by atoms with Crippen molar-refractivity contribution in [2.45, 2.75) is 38.1 Å². The van der Waals surface area contributed by atoms with Crippen LogP contribution in [-0.4, -0.2) is 73.1 Å². The van der Waals surface area contributed by atoms with Crippen molar-refractivity contribution in [2.75, 3.05) is 51.3 Å². The molecule has 2 saturated heterocycles. The van der Waals surface area contributed by atoms with E-state index in [1.807, 2.05) is 18.2 Å². The molecule has 1 saturated carbocycles. The molecule has 2 aliphatic heterocycles. The van der Waals surface area contributed by atoms with E-state index in [1.54, 1.807) is 18.4 Å². The van der Waals surface area contributed by atoms with Gasteiger partial charge in [0.25, 0.3) is 0 Å². The molecule has 1 aliphatic carbocycles. The van der Waals surface area contributed by atoms with E-state index in [1.165, 1.54) is 32.1 Å². The highest BCUT2D eigenvalue weighted by Crippen LogP contribution is 2.35. The number of anilines is 1. The first-order valence-electron chi connectivity index (χ1n) is 10.9. The van der Waals surface area contributed by atoms with Crippen LogP contribution in [0.3, 0.4) is 0 Å². The van der Waals surface area contributed by atoms with Crippen LogP contribution in [0.2, 0.25) is 0 Å². The predicted molar refractivity (Wildman–Crippen MR) is 117 cm³/mol. The number of aromatic nitrogens is 1. The van der Waals surface area contributed by atoms with Gasteiger partial charge < -0.3 is 14.5 Å². The van der Waals surface area contributed by atoms with Gasteiger partial charge in [-0.05, 0) is 31.0 Å². The fraction of sp³-hybridized carbons (Fsp3) is 0.636. The quantitative estimate of drug-likeness (QED) is 0.769. The zero-order chi connectivity index (χ0) is 19.8. The lowest BCUT2D eigenvalue weighted by Gasteiger charge is -2.44. The van der Waals surface area contributed by atoms with Crippen molar-refractivity contribution < 1.29 is 9.53 Å². The number of thiazole rings is 1. The molecular formula is C22H30N4O2S. The molecule has 0 N–H and O–H groups in total. The molecule has 6 nitrogen and oxygen atoms in total. The van der Waals surface area contributed by atoms with E-state index < -0.39 is 0 Å². The summed E-state index contributed by atoms with van der Waals surface area (Å²) >= 11 is 1.68. The van der Waals surface area contributed by atoms with E-state index in [9.17, 15) is 4.79 Å². The van der Waals surface area contributed by atoms with Gasteiger partial charge >= 0.3 is 0 Å². The van der Waals surface area contributed by atoms with Gasteiger partial charge in [-0.25, -0.2) is 4.98 Å². The Morgan fingerprint density at radius 3 is 2.59 bits per heavy atom. The molecule has 3 heterocycles. The van der Waals surface area contributed by atoms with Gasteiger partial charge in [-0.15, -0.1) is 0 Å². The van der Waals surface area contributed by atoms with Crippen LogP contribution in [0, 0.1) is 5.92 Å². The fourth-order valence-electron chi connectivity index (χ4n) is 4.96. The topological polar surface area (TPSA) is 48.9 Å². The molecule has 1 aromatic heterocycles. The summed E-state index contributed by atoms with van der Waals surface area (Å²) in [6, 6.07) is 6.74. The van der Waals surface area contributed by atoms with Gasteiger partial charge in [0.15, 0.2) is 5.13 Å². The van der Waals surface area contributed by atoms with E-state index in [0.29, 0.717) is 5.91 Å². The standard InChI is InChI=1S/C22H30N4O2S/c1-28-18-7-8-19-20(13-18)29-22(23-19)26-14-16(15-26)21(27)25-11-9-24(10-12-25)17-5-3-2-4-6-17/h7-8,13,16-17H,2-6,9-12,14-15H2,1H3. The van der Waals surface area contributed by atoms with Crippen molar-refractivity contribution in [1.82, 2.24) is 14.8 Å². The minimum atomic E-state index is 0.123. The number of nitrogens with zero attached hydrogens (tertiary/aromatic N) is 4. The number of hydrogen-bond acceptors (Lipinski definition) is 6. The number of rotatable bonds is 4. The summed E-state index contributed by atoms with van der Waals surface area (Å²) in [5.74, 6) is 1.32. The van der Waals surface area contributed by atoms with E-state index in [2.05, 4.69) is 14.7 Å². The van der Waals surface area contributed by atoms with Crippen LogP contribution in [0.5, 0.6) is 5.75 Å². The summed E-state index contributed by atoms with van der Waals surface area (Å²) in [4.78, 5) is 24.6. The molecule has 5 rings (SSSR count). The third-order valence-electron chi connectivity index (χ3n) is 6.80. The second-order valence-electron chi connectivity index (χ2n) is 8.59. The molecule has 3 fully saturated rings. The normalized spacial score (nSPS) is 22.1. The SMILES string of the molecule is COc1ccc2nc(N3CC(C(=O)N4CCN(C5CCCCC5)CC4)C3)sc2c1. The minimum Gasteiger partial charge on any atom is -0.497 e. The molecular weight excluding hydrogens is 384 g/mol. The average molecular weight is 415 g/mol. The monoisotopic (exact) mass is 414 g/mol. The average Bonchev–Trinajstić information content (AvgIpc) is 3.16. The lowest BCUT2D eigenvalue weighted by Crippen LogP contribution is -2.59. The molecule has 0 bridgehead atoms. The molecule has 156 valence electrons. The second kappa shape index (κ2) is 8.11. The number of hydrogen-bond donors (Lipinski definition) is 0. The Kier molecular flexibility index (Phi) is 5.35. The van der Waals surface area contributed by atoms with Gasteiger partial charge in [-0.1, -0.05) is 30.6 Å². The van der Waals surface area contributed by atoms with Crippen LogP contribution < -0.4 is 9.64 Å². The molecule has 3 aliphatic rings. The van der Waals surface area contributed by atoms with Crippen LogP contribution in [0.15, 0.2) is 18.2 Å². The molecule has 0 unspecified atom stereocenters. The second-order valence-corrected chi connectivity index (χ2v) is 9.59. The van der Waals surface area contributed by atoms with Crippen LogP contribution in [0.4, 0.5) is 5.13 Å². The third kappa shape index (κ3) is 3.82. The smallest absolute Gasteiger partial charge is 0.229 e. The van der Waals surface area contributed by atoms with Gasteiger partial charge in [-0.3, -0.25) is 9.69 Å². The van der Waals surface area contributed by atoms with Crippen molar-refractivity contribution in [3.05, 3.63) is 18.2 Å².